The van der Waals surface area contributed by atoms with Crippen LogP contribution in [0.1, 0.15) is 40.0 Å². The van der Waals surface area contributed by atoms with Crippen LogP contribution in [-0.4, -0.2) is 45.9 Å². The number of nitrogens with two attached hydrogens (primary N) is 1. The highest BCUT2D eigenvalue weighted by atomic mass is 16.5. The number of amides is 1. The molecule has 0 saturated carbocycles. The summed E-state index contributed by atoms with van der Waals surface area (Å²) in [5.74, 6) is 1.32. The molecular weight excluding hydrogens is 442 g/mol. The number of benzene rings is 1. The van der Waals surface area contributed by atoms with Crippen molar-refractivity contribution in [2.24, 2.45) is 0 Å². The van der Waals surface area contributed by atoms with E-state index >= 15 is 0 Å². The Kier molecular flexibility index (Phi) is 6.58. The second kappa shape index (κ2) is 10.1. The third kappa shape index (κ3) is 5.09. The fourth-order valence-electron chi connectivity index (χ4n) is 4.44. The average molecular weight is 472 g/mol. The van der Waals surface area contributed by atoms with Crippen molar-refractivity contribution in [1.82, 2.24) is 25.1 Å². The third-order valence-electron chi connectivity index (χ3n) is 6.26. The fourth-order valence-corrected chi connectivity index (χ4v) is 4.44. The Morgan fingerprint density at radius 1 is 1.11 bits per heavy atom. The number of pyridine rings is 2. The standard InChI is InChI=1S/C26H29N7O2/c1-35-17-23-22(26(34)30-13-18-4-6-21-20(12-18)8-9-28-25(21)27)16-33(31-23)15-19-5-7-24(29-14-19)32-10-2-3-11-32/h4-9,12,14,16H,2-3,10-11,13,15,17H2,1H3,(H2,27,28)(H,30,34). The molecule has 1 aliphatic heterocycles. The van der Waals surface area contributed by atoms with E-state index in [1.165, 1.54) is 12.8 Å². The summed E-state index contributed by atoms with van der Waals surface area (Å²) in [4.78, 5) is 24.1. The summed E-state index contributed by atoms with van der Waals surface area (Å²) in [6.45, 7) is 3.29. The minimum absolute atomic E-state index is 0.194. The zero-order valence-corrected chi connectivity index (χ0v) is 19.8. The molecule has 0 unspecified atom stereocenters. The predicted molar refractivity (Wildman–Crippen MR) is 135 cm³/mol. The molecule has 4 heterocycles. The summed E-state index contributed by atoms with van der Waals surface area (Å²) >= 11 is 0. The molecule has 1 aliphatic rings. The van der Waals surface area contributed by atoms with Crippen molar-refractivity contribution in [3.63, 3.8) is 0 Å². The summed E-state index contributed by atoms with van der Waals surface area (Å²) in [6.07, 6.45) is 7.77. The van der Waals surface area contributed by atoms with Gasteiger partial charge in [-0.05, 0) is 47.6 Å². The van der Waals surface area contributed by atoms with Crippen LogP contribution in [0.3, 0.4) is 0 Å². The second-order valence-electron chi connectivity index (χ2n) is 8.77. The van der Waals surface area contributed by atoms with Gasteiger partial charge in [-0.2, -0.15) is 5.10 Å². The van der Waals surface area contributed by atoms with Gasteiger partial charge in [0.05, 0.1) is 18.7 Å². The Balaban J connectivity index is 1.27. The van der Waals surface area contributed by atoms with Gasteiger partial charge in [-0.25, -0.2) is 9.97 Å². The van der Waals surface area contributed by atoms with Gasteiger partial charge in [-0.15, -0.1) is 0 Å². The van der Waals surface area contributed by atoms with E-state index in [0.29, 0.717) is 30.2 Å². The Morgan fingerprint density at radius 2 is 1.94 bits per heavy atom. The molecule has 0 spiro atoms. The smallest absolute Gasteiger partial charge is 0.255 e. The number of nitrogens with one attached hydrogen (secondary N) is 1. The van der Waals surface area contributed by atoms with Gasteiger partial charge in [0.15, 0.2) is 0 Å². The van der Waals surface area contributed by atoms with Gasteiger partial charge in [0.2, 0.25) is 0 Å². The average Bonchev–Trinajstić information content (AvgIpc) is 3.54. The molecule has 1 fully saturated rings. The van der Waals surface area contributed by atoms with Crippen molar-refractivity contribution < 1.29 is 9.53 Å². The molecule has 1 amide bonds. The summed E-state index contributed by atoms with van der Waals surface area (Å²) < 4.78 is 7.05. The van der Waals surface area contributed by atoms with Crippen LogP contribution >= 0.6 is 0 Å². The number of hydrogen-bond donors (Lipinski definition) is 2. The Labute approximate surface area is 203 Å². The summed E-state index contributed by atoms with van der Waals surface area (Å²) in [5, 5.41) is 9.48. The molecule has 1 aromatic carbocycles. The number of nitrogen functional groups attached to an aromatic ring is 1. The van der Waals surface area contributed by atoms with Crippen LogP contribution in [0.5, 0.6) is 0 Å². The zero-order valence-electron chi connectivity index (χ0n) is 19.8. The van der Waals surface area contributed by atoms with Gasteiger partial charge in [0.25, 0.3) is 5.91 Å². The first kappa shape index (κ1) is 22.8. The first-order valence-electron chi connectivity index (χ1n) is 11.8. The number of rotatable bonds is 8. The van der Waals surface area contributed by atoms with E-state index in [2.05, 4.69) is 37.4 Å². The highest BCUT2D eigenvalue weighted by Crippen LogP contribution is 2.21. The molecule has 4 aromatic rings. The van der Waals surface area contributed by atoms with Crippen molar-refractivity contribution in [3.05, 3.63) is 77.4 Å². The number of aromatic nitrogens is 4. The minimum atomic E-state index is -0.194. The lowest BCUT2D eigenvalue weighted by Gasteiger charge is -2.16. The van der Waals surface area contributed by atoms with Crippen molar-refractivity contribution in [2.45, 2.75) is 32.5 Å². The lowest BCUT2D eigenvalue weighted by atomic mass is 10.1. The molecule has 0 bridgehead atoms. The van der Waals surface area contributed by atoms with Crippen LogP contribution in [0.2, 0.25) is 0 Å². The number of nitrogens with zero attached hydrogens (tertiary/aromatic N) is 5. The van der Waals surface area contributed by atoms with E-state index in [-0.39, 0.29) is 12.5 Å². The third-order valence-corrected chi connectivity index (χ3v) is 6.26. The van der Waals surface area contributed by atoms with E-state index in [1.807, 2.05) is 30.5 Å². The highest BCUT2D eigenvalue weighted by Gasteiger charge is 2.17. The number of carbonyl (C=O) groups is 1. The fraction of sp³-hybridized carbons (Fsp3) is 0.308. The number of hydrogen-bond acceptors (Lipinski definition) is 7. The maximum absolute atomic E-state index is 13.0. The molecule has 3 N–H and O–H groups in total. The van der Waals surface area contributed by atoms with Gasteiger partial charge in [0.1, 0.15) is 17.3 Å². The number of ether oxygens (including phenoxy) is 1. The highest BCUT2D eigenvalue weighted by molar-refractivity contribution is 5.95. The number of fused-ring (bicyclic) bond motifs is 1. The molecule has 3 aromatic heterocycles. The molecular formula is C26H29N7O2. The largest absolute Gasteiger partial charge is 0.383 e. The van der Waals surface area contributed by atoms with Gasteiger partial charge >= 0.3 is 0 Å². The van der Waals surface area contributed by atoms with Gasteiger partial charge in [0, 0.05) is 50.7 Å². The topological polar surface area (TPSA) is 111 Å². The van der Waals surface area contributed by atoms with Crippen LogP contribution in [0.25, 0.3) is 10.8 Å². The van der Waals surface area contributed by atoms with E-state index in [0.717, 1.165) is 40.8 Å². The van der Waals surface area contributed by atoms with Crippen molar-refractivity contribution in [2.75, 3.05) is 30.8 Å². The molecule has 5 rings (SSSR count). The molecule has 1 saturated heterocycles. The Morgan fingerprint density at radius 3 is 2.71 bits per heavy atom. The summed E-state index contributed by atoms with van der Waals surface area (Å²) in [7, 11) is 1.59. The van der Waals surface area contributed by atoms with Crippen molar-refractivity contribution in [1.29, 1.82) is 0 Å². The molecule has 9 nitrogen and oxygen atoms in total. The van der Waals surface area contributed by atoms with Crippen LogP contribution in [0.15, 0.2) is 55.0 Å². The van der Waals surface area contributed by atoms with Crippen LogP contribution in [0.4, 0.5) is 11.6 Å². The van der Waals surface area contributed by atoms with Crippen molar-refractivity contribution >= 4 is 28.3 Å². The van der Waals surface area contributed by atoms with Gasteiger partial charge in [-0.1, -0.05) is 18.2 Å². The number of methoxy groups -OCH3 is 1. The lowest BCUT2D eigenvalue weighted by molar-refractivity contribution is 0.0946. The van der Waals surface area contributed by atoms with E-state index in [1.54, 1.807) is 24.2 Å². The van der Waals surface area contributed by atoms with Gasteiger partial charge < -0.3 is 20.7 Å². The molecule has 180 valence electrons. The van der Waals surface area contributed by atoms with E-state index in [4.69, 9.17) is 10.5 Å². The quantitative estimate of drug-likeness (QED) is 0.406. The summed E-state index contributed by atoms with van der Waals surface area (Å²) in [6, 6.07) is 11.9. The first-order valence-corrected chi connectivity index (χ1v) is 11.8. The van der Waals surface area contributed by atoms with Gasteiger partial charge in [-0.3, -0.25) is 9.48 Å². The summed E-state index contributed by atoms with van der Waals surface area (Å²) in [5.41, 5.74) is 9.04. The van der Waals surface area contributed by atoms with Crippen molar-refractivity contribution in [3.8, 4) is 0 Å². The number of carbonyl (C=O) groups excluding carboxylic acids is 1. The Bertz CT molecular complexity index is 1330. The molecule has 9 heteroatoms. The molecule has 0 radical (unpaired) electrons. The molecule has 35 heavy (non-hydrogen) atoms. The minimum Gasteiger partial charge on any atom is -0.383 e. The SMILES string of the molecule is COCc1nn(Cc2ccc(N3CCCC3)nc2)cc1C(=O)NCc1ccc2c(N)nccc2c1. The molecule has 0 aliphatic carbocycles. The second-order valence-corrected chi connectivity index (χ2v) is 8.77. The monoisotopic (exact) mass is 471 g/mol. The lowest BCUT2D eigenvalue weighted by Crippen LogP contribution is -2.23. The number of anilines is 2. The normalized spacial score (nSPS) is 13.5. The predicted octanol–water partition coefficient (Wildman–Crippen LogP) is 3.13. The van der Waals surface area contributed by atoms with Crippen LogP contribution < -0.4 is 16.0 Å². The van der Waals surface area contributed by atoms with Crippen LogP contribution in [-0.2, 0) is 24.4 Å². The molecule has 0 atom stereocenters. The first-order chi connectivity index (χ1) is 17.1. The maximum atomic E-state index is 13.0. The van der Waals surface area contributed by atoms with E-state index < -0.39 is 0 Å². The zero-order chi connectivity index (χ0) is 24.2. The Hall–Kier alpha value is -3.98. The van der Waals surface area contributed by atoms with E-state index in [9.17, 15) is 4.79 Å². The van der Waals surface area contributed by atoms with Crippen LogP contribution in [0, 0.1) is 0 Å². The maximum Gasteiger partial charge on any atom is 0.255 e.